The lowest BCUT2D eigenvalue weighted by molar-refractivity contribution is -0.135. The maximum Gasteiger partial charge on any atom is 0.432 e. The molecule has 1 fully saturated rings. The highest BCUT2D eigenvalue weighted by Crippen LogP contribution is 2.29. The van der Waals surface area contributed by atoms with E-state index < -0.39 is 23.1 Å². The van der Waals surface area contributed by atoms with Gasteiger partial charge in [-0.1, -0.05) is 18.2 Å². The van der Waals surface area contributed by atoms with Crippen molar-refractivity contribution in [2.75, 3.05) is 13.1 Å². The van der Waals surface area contributed by atoms with E-state index in [1.54, 1.807) is 56.9 Å². The second-order valence-electron chi connectivity index (χ2n) is 9.72. The number of ether oxygens (including phenoxy) is 1. The minimum absolute atomic E-state index is 0.0418. The first-order valence-electron chi connectivity index (χ1n) is 10.5. The predicted octanol–water partition coefficient (Wildman–Crippen LogP) is 4.09. The van der Waals surface area contributed by atoms with Crippen molar-refractivity contribution in [2.24, 2.45) is 0 Å². The first-order valence-corrected chi connectivity index (χ1v) is 10.5. The number of carbonyl (C=O) groups is 3. The molecule has 0 N–H and O–H groups in total. The molecule has 3 amide bonds. The Labute approximate surface area is 179 Å². The van der Waals surface area contributed by atoms with E-state index in [-0.39, 0.29) is 11.9 Å². The average molecular weight is 418 g/mol. The van der Waals surface area contributed by atoms with Crippen molar-refractivity contribution in [3.05, 3.63) is 35.9 Å². The lowest BCUT2D eigenvalue weighted by Gasteiger charge is -2.48. The van der Waals surface area contributed by atoms with Gasteiger partial charge in [0.05, 0.1) is 0 Å². The van der Waals surface area contributed by atoms with Gasteiger partial charge < -0.3 is 9.64 Å². The molecule has 166 valence electrons. The van der Waals surface area contributed by atoms with E-state index in [9.17, 15) is 14.4 Å². The Morgan fingerprint density at radius 2 is 1.50 bits per heavy atom. The van der Waals surface area contributed by atoms with Crippen LogP contribution in [-0.4, -0.2) is 63.1 Å². The predicted molar refractivity (Wildman–Crippen MR) is 116 cm³/mol. The maximum absolute atomic E-state index is 13.5. The van der Waals surface area contributed by atoms with Crippen LogP contribution >= 0.6 is 0 Å². The molecule has 1 heterocycles. The van der Waals surface area contributed by atoms with E-state index in [4.69, 9.17) is 4.74 Å². The lowest BCUT2D eigenvalue weighted by Crippen LogP contribution is -2.63. The number of amides is 3. The largest absolute Gasteiger partial charge is 0.442 e. The van der Waals surface area contributed by atoms with E-state index in [0.29, 0.717) is 31.5 Å². The summed E-state index contributed by atoms with van der Waals surface area (Å²) >= 11 is 0. The highest BCUT2D eigenvalue weighted by molar-refractivity contribution is 6.02. The molecule has 2 rings (SSSR count). The zero-order valence-electron chi connectivity index (χ0n) is 19.3. The van der Waals surface area contributed by atoms with Crippen molar-refractivity contribution in [2.45, 2.75) is 78.5 Å². The summed E-state index contributed by atoms with van der Waals surface area (Å²) < 4.78 is 5.63. The zero-order chi connectivity index (χ0) is 22.7. The number of hydrogen-bond acceptors (Lipinski definition) is 5. The third kappa shape index (κ3) is 6.05. The molecule has 0 bridgehead atoms. The smallest absolute Gasteiger partial charge is 0.432 e. The van der Waals surface area contributed by atoms with Crippen molar-refractivity contribution in [3.63, 3.8) is 0 Å². The Balaban J connectivity index is 2.44. The van der Waals surface area contributed by atoms with Crippen LogP contribution in [0, 0.1) is 0 Å². The fraction of sp³-hybridized carbons (Fsp3) is 0.609. The molecule has 1 saturated heterocycles. The number of rotatable bonds is 3. The van der Waals surface area contributed by atoms with Gasteiger partial charge >= 0.3 is 6.09 Å². The van der Waals surface area contributed by atoms with Gasteiger partial charge in [0.1, 0.15) is 5.60 Å². The minimum atomic E-state index is -0.742. The highest BCUT2D eigenvalue weighted by Gasteiger charge is 2.43. The second-order valence-corrected chi connectivity index (χ2v) is 9.72. The molecule has 1 aliphatic heterocycles. The molecule has 0 aliphatic carbocycles. The van der Waals surface area contributed by atoms with Gasteiger partial charge in [0.2, 0.25) is 5.91 Å². The molecule has 0 unspecified atom stereocenters. The summed E-state index contributed by atoms with van der Waals surface area (Å²) in [5.74, 6) is -0.381. The summed E-state index contributed by atoms with van der Waals surface area (Å²) in [5.41, 5.74) is -0.850. The van der Waals surface area contributed by atoms with Crippen LogP contribution in [0.15, 0.2) is 30.3 Å². The van der Waals surface area contributed by atoms with Crippen molar-refractivity contribution in [1.82, 2.24) is 14.9 Å². The molecule has 7 heteroatoms. The summed E-state index contributed by atoms with van der Waals surface area (Å²) in [7, 11) is 0. The van der Waals surface area contributed by atoms with Gasteiger partial charge in [-0.15, -0.1) is 0 Å². The van der Waals surface area contributed by atoms with Crippen molar-refractivity contribution >= 4 is 17.9 Å². The zero-order valence-corrected chi connectivity index (χ0v) is 19.3. The number of likely N-dealkylation sites (tertiary alicyclic amines) is 1. The number of hydrogen-bond donors (Lipinski definition) is 0. The summed E-state index contributed by atoms with van der Waals surface area (Å²) in [4.78, 5) is 40.3. The molecular formula is C23H35N3O4. The van der Waals surface area contributed by atoms with Crippen LogP contribution in [0.3, 0.4) is 0 Å². The Morgan fingerprint density at radius 1 is 0.967 bits per heavy atom. The van der Waals surface area contributed by atoms with Crippen molar-refractivity contribution in [1.29, 1.82) is 0 Å². The van der Waals surface area contributed by atoms with Crippen LogP contribution < -0.4 is 0 Å². The summed E-state index contributed by atoms with van der Waals surface area (Å²) in [6, 6.07) is 8.67. The van der Waals surface area contributed by atoms with E-state index in [1.165, 1.54) is 0 Å². The molecule has 1 aromatic rings. The Kier molecular flexibility index (Phi) is 7.29. The highest BCUT2D eigenvalue weighted by atomic mass is 16.6. The molecule has 0 atom stereocenters. The fourth-order valence-electron chi connectivity index (χ4n) is 3.71. The molecule has 0 saturated carbocycles. The summed E-state index contributed by atoms with van der Waals surface area (Å²) in [6.45, 7) is 14.0. The van der Waals surface area contributed by atoms with E-state index in [2.05, 4.69) is 0 Å². The van der Waals surface area contributed by atoms with Crippen LogP contribution in [0.1, 0.15) is 71.7 Å². The summed E-state index contributed by atoms with van der Waals surface area (Å²) in [6.07, 6.45) is 0.636. The molecule has 0 aromatic heterocycles. The Bertz CT molecular complexity index is 757. The minimum Gasteiger partial charge on any atom is -0.442 e. The van der Waals surface area contributed by atoms with Gasteiger partial charge in [0.15, 0.2) is 0 Å². The normalized spacial score (nSPS) is 15.8. The van der Waals surface area contributed by atoms with Gasteiger partial charge in [-0.3, -0.25) is 9.59 Å². The van der Waals surface area contributed by atoms with Gasteiger partial charge in [-0.2, -0.15) is 10.0 Å². The number of nitrogens with zero attached hydrogens (tertiary/aromatic N) is 3. The third-order valence-electron chi connectivity index (χ3n) is 4.94. The standard InChI is InChI=1S/C23H35N3O4/c1-17(27)24-15-13-19(14-16-24)26(22(2,3)4)25(21(29)30-23(5,6)7)20(28)18-11-9-8-10-12-18/h8-12,19H,13-16H2,1-7H3. The van der Waals surface area contributed by atoms with Crippen LogP contribution in [0.5, 0.6) is 0 Å². The fourth-order valence-corrected chi connectivity index (χ4v) is 3.71. The lowest BCUT2D eigenvalue weighted by atomic mass is 9.98. The number of piperidine rings is 1. The Hall–Kier alpha value is -2.41. The monoisotopic (exact) mass is 417 g/mol. The van der Waals surface area contributed by atoms with E-state index in [0.717, 1.165) is 5.01 Å². The van der Waals surface area contributed by atoms with E-state index in [1.807, 2.05) is 31.8 Å². The first kappa shape index (κ1) is 23.9. The van der Waals surface area contributed by atoms with Gasteiger partial charge in [0, 0.05) is 37.2 Å². The number of carbonyl (C=O) groups excluding carboxylic acids is 3. The number of imide groups is 1. The SMILES string of the molecule is CC(=O)N1CCC(N(N(C(=O)OC(C)(C)C)C(=O)c2ccccc2)C(C)(C)C)CC1. The van der Waals surface area contributed by atoms with Gasteiger partial charge in [-0.25, -0.2) is 4.79 Å². The van der Waals surface area contributed by atoms with Crippen molar-refractivity contribution in [3.8, 4) is 0 Å². The quantitative estimate of drug-likeness (QED) is 0.693. The van der Waals surface area contributed by atoms with E-state index >= 15 is 0 Å². The first-order chi connectivity index (χ1) is 13.8. The molecule has 1 aliphatic rings. The van der Waals surface area contributed by atoms with Crippen molar-refractivity contribution < 1.29 is 19.1 Å². The molecular weight excluding hydrogens is 382 g/mol. The van der Waals surface area contributed by atoms with Crippen LogP contribution in [0.2, 0.25) is 0 Å². The summed E-state index contributed by atoms with van der Waals surface area (Å²) in [5, 5.41) is 3.00. The topological polar surface area (TPSA) is 70.2 Å². The van der Waals surface area contributed by atoms with Gasteiger partial charge in [-0.05, 0) is 66.5 Å². The average Bonchev–Trinajstić information content (AvgIpc) is 2.63. The molecule has 1 aromatic carbocycles. The second kappa shape index (κ2) is 9.16. The van der Waals surface area contributed by atoms with Crippen LogP contribution in [-0.2, 0) is 9.53 Å². The maximum atomic E-state index is 13.5. The molecule has 30 heavy (non-hydrogen) atoms. The number of hydrazine groups is 1. The number of benzene rings is 1. The van der Waals surface area contributed by atoms with Crippen LogP contribution in [0.4, 0.5) is 4.79 Å². The molecule has 0 spiro atoms. The molecule has 0 radical (unpaired) electrons. The third-order valence-corrected chi connectivity index (χ3v) is 4.94. The Morgan fingerprint density at radius 3 is 1.93 bits per heavy atom. The van der Waals surface area contributed by atoms with Gasteiger partial charge in [0.25, 0.3) is 5.91 Å². The molecule has 7 nitrogen and oxygen atoms in total. The van der Waals surface area contributed by atoms with Crippen LogP contribution in [0.25, 0.3) is 0 Å².